The van der Waals surface area contributed by atoms with Gasteiger partial charge in [-0.1, -0.05) is 25.3 Å². The number of carbonyl (C=O) groups excluding carboxylic acids is 1. The van der Waals surface area contributed by atoms with E-state index < -0.39 is 6.67 Å². The molecule has 150 valence electrons. The molecule has 28 heavy (non-hydrogen) atoms. The number of likely N-dealkylation sites (tertiary alicyclic amines) is 1. The molecule has 2 aliphatic rings. The topological polar surface area (TPSA) is 71.1 Å². The number of amides is 1. The lowest BCUT2D eigenvalue weighted by Gasteiger charge is -2.18. The quantitative estimate of drug-likeness (QED) is 0.851. The van der Waals surface area contributed by atoms with Crippen molar-refractivity contribution < 1.29 is 13.9 Å². The fourth-order valence-corrected chi connectivity index (χ4v) is 4.44. The van der Waals surface area contributed by atoms with Crippen molar-refractivity contribution >= 4 is 5.91 Å². The van der Waals surface area contributed by atoms with Crippen molar-refractivity contribution in [2.24, 2.45) is 5.92 Å². The number of hydrogen-bond acceptors (Lipinski definition) is 4. The Balaban J connectivity index is 1.49. The zero-order chi connectivity index (χ0) is 19.5. The van der Waals surface area contributed by atoms with Crippen LogP contribution in [0.25, 0.3) is 0 Å². The number of benzene rings is 1. The van der Waals surface area contributed by atoms with Crippen LogP contribution in [-0.2, 0) is 0 Å². The lowest BCUT2D eigenvalue weighted by Crippen LogP contribution is -2.29. The molecule has 1 saturated heterocycles. The van der Waals surface area contributed by atoms with Crippen LogP contribution in [0.15, 0.2) is 24.3 Å². The molecule has 2 aromatic rings. The highest BCUT2D eigenvalue weighted by atomic mass is 19.1. The van der Waals surface area contributed by atoms with Crippen molar-refractivity contribution in [3.05, 3.63) is 41.5 Å². The second-order valence-corrected chi connectivity index (χ2v) is 7.88. The van der Waals surface area contributed by atoms with Gasteiger partial charge in [0.1, 0.15) is 11.6 Å². The van der Waals surface area contributed by atoms with Gasteiger partial charge in [-0.3, -0.25) is 14.3 Å². The van der Waals surface area contributed by atoms with E-state index in [1.807, 2.05) is 0 Å². The van der Waals surface area contributed by atoms with Crippen molar-refractivity contribution in [1.29, 1.82) is 0 Å². The molecule has 1 aromatic heterocycles. The summed E-state index contributed by atoms with van der Waals surface area (Å²) in [6.45, 7) is 0.354. The minimum Gasteiger partial charge on any atom is -0.497 e. The third-order valence-corrected chi connectivity index (χ3v) is 6.08. The maximum absolute atomic E-state index is 13.7. The summed E-state index contributed by atoms with van der Waals surface area (Å²) in [5.74, 6) is 2.08. The van der Waals surface area contributed by atoms with Crippen LogP contribution < -0.4 is 4.74 Å². The van der Waals surface area contributed by atoms with Gasteiger partial charge in [-0.2, -0.15) is 5.10 Å². The monoisotopic (exact) mass is 386 g/mol. The Kier molecular flexibility index (Phi) is 5.59. The maximum atomic E-state index is 13.7. The summed E-state index contributed by atoms with van der Waals surface area (Å²) in [5, 5.41) is 7.47. The fourth-order valence-electron chi connectivity index (χ4n) is 4.44. The molecule has 4 rings (SSSR count). The van der Waals surface area contributed by atoms with Crippen LogP contribution in [0.1, 0.15) is 65.9 Å². The normalized spacial score (nSPS) is 23.1. The molecule has 1 saturated carbocycles. The molecular formula is C21H27FN4O2. The van der Waals surface area contributed by atoms with E-state index in [9.17, 15) is 9.18 Å². The molecule has 1 amide bonds. The number of aromatic nitrogens is 3. The number of nitrogens with one attached hydrogen (secondary N) is 1. The predicted octanol–water partition coefficient (Wildman–Crippen LogP) is 3.69. The van der Waals surface area contributed by atoms with Crippen molar-refractivity contribution in [1.82, 2.24) is 20.1 Å². The van der Waals surface area contributed by atoms with E-state index in [4.69, 9.17) is 9.72 Å². The van der Waals surface area contributed by atoms with Gasteiger partial charge in [-0.05, 0) is 31.0 Å². The van der Waals surface area contributed by atoms with E-state index >= 15 is 0 Å². The van der Waals surface area contributed by atoms with Crippen LogP contribution in [0.4, 0.5) is 4.39 Å². The summed E-state index contributed by atoms with van der Waals surface area (Å²) in [6, 6.07) is 7.07. The van der Waals surface area contributed by atoms with E-state index in [1.165, 1.54) is 19.3 Å². The molecule has 1 aliphatic heterocycles. The minimum atomic E-state index is -0.480. The Morgan fingerprint density at radius 2 is 2.11 bits per heavy atom. The van der Waals surface area contributed by atoms with Crippen LogP contribution in [-0.4, -0.2) is 52.9 Å². The Hall–Kier alpha value is -2.44. The second-order valence-electron chi connectivity index (χ2n) is 7.88. The van der Waals surface area contributed by atoms with Gasteiger partial charge in [0.15, 0.2) is 5.82 Å². The van der Waals surface area contributed by atoms with E-state index in [0.717, 1.165) is 18.7 Å². The first-order valence-corrected chi connectivity index (χ1v) is 10.1. The molecule has 1 aromatic carbocycles. The van der Waals surface area contributed by atoms with Gasteiger partial charge >= 0.3 is 0 Å². The third kappa shape index (κ3) is 3.75. The number of methoxy groups -OCH3 is 1. The van der Waals surface area contributed by atoms with E-state index in [1.54, 1.807) is 36.3 Å². The van der Waals surface area contributed by atoms with Gasteiger partial charge in [0, 0.05) is 36.4 Å². The van der Waals surface area contributed by atoms with Crippen molar-refractivity contribution in [2.45, 2.75) is 43.9 Å². The zero-order valence-corrected chi connectivity index (χ0v) is 16.2. The van der Waals surface area contributed by atoms with Crippen molar-refractivity contribution in [3.63, 3.8) is 0 Å². The lowest BCUT2D eigenvalue weighted by atomic mass is 9.89. The number of rotatable bonds is 5. The molecule has 2 fully saturated rings. The molecule has 0 radical (unpaired) electrons. The first-order chi connectivity index (χ1) is 13.7. The number of halogens is 1. The van der Waals surface area contributed by atoms with Gasteiger partial charge in [0.05, 0.1) is 13.8 Å². The summed E-state index contributed by atoms with van der Waals surface area (Å²) in [4.78, 5) is 19.3. The van der Waals surface area contributed by atoms with Crippen LogP contribution in [0.3, 0.4) is 0 Å². The number of aromatic amines is 1. The number of alkyl halides is 1. The van der Waals surface area contributed by atoms with Crippen molar-refractivity contribution in [2.75, 3.05) is 26.9 Å². The SMILES string of the molecule is COc1cccc(C(=O)N2C[C@@H](CF)[C@H](c3nc(C4CCCCC4)n[nH]3)C2)c1. The zero-order valence-electron chi connectivity index (χ0n) is 16.2. The molecule has 2 heterocycles. The molecule has 7 heteroatoms. The van der Waals surface area contributed by atoms with E-state index in [0.29, 0.717) is 36.1 Å². The minimum absolute atomic E-state index is 0.105. The summed E-state index contributed by atoms with van der Waals surface area (Å²) in [7, 11) is 1.57. The Bertz CT molecular complexity index is 818. The van der Waals surface area contributed by atoms with E-state index in [-0.39, 0.29) is 17.7 Å². The summed E-state index contributed by atoms with van der Waals surface area (Å²) >= 11 is 0. The summed E-state index contributed by atoms with van der Waals surface area (Å²) in [5.41, 5.74) is 0.554. The summed E-state index contributed by atoms with van der Waals surface area (Å²) < 4.78 is 18.9. The third-order valence-electron chi connectivity index (χ3n) is 6.08. The highest BCUT2D eigenvalue weighted by Gasteiger charge is 2.38. The highest BCUT2D eigenvalue weighted by molar-refractivity contribution is 5.94. The molecule has 1 N–H and O–H groups in total. The number of ether oxygens (including phenoxy) is 1. The van der Waals surface area contributed by atoms with E-state index in [2.05, 4.69) is 10.2 Å². The molecule has 2 atom stereocenters. The maximum Gasteiger partial charge on any atom is 0.254 e. The first-order valence-electron chi connectivity index (χ1n) is 10.1. The summed E-state index contributed by atoms with van der Waals surface area (Å²) in [6.07, 6.45) is 5.95. The largest absolute Gasteiger partial charge is 0.497 e. The molecule has 0 spiro atoms. The molecule has 1 aliphatic carbocycles. The van der Waals surface area contributed by atoms with Crippen LogP contribution in [0, 0.1) is 5.92 Å². The number of carbonyl (C=O) groups is 1. The van der Waals surface area contributed by atoms with Crippen LogP contribution in [0.5, 0.6) is 5.75 Å². The fraction of sp³-hybridized carbons (Fsp3) is 0.571. The average molecular weight is 386 g/mol. The standard InChI is InChI=1S/C21H27FN4O2/c1-28-17-9-5-8-15(10-17)21(27)26-12-16(11-22)18(13-26)20-23-19(24-25-20)14-6-3-2-4-7-14/h5,8-10,14,16,18H,2-4,6-7,11-13H2,1H3,(H,23,24,25)/t16-,18-/m1/s1. The molecule has 0 bridgehead atoms. The number of H-pyrrole nitrogens is 1. The average Bonchev–Trinajstić information content (AvgIpc) is 3.41. The molecule has 6 nitrogen and oxygen atoms in total. The Morgan fingerprint density at radius 3 is 2.86 bits per heavy atom. The van der Waals surface area contributed by atoms with Gasteiger partial charge in [-0.15, -0.1) is 0 Å². The van der Waals surface area contributed by atoms with Gasteiger partial charge in [0.2, 0.25) is 0 Å². The Morgan fingerprint density at radius 1 is 1.29 bits per heavy atom. The molecular weight excluding hydrogens is 359 g/mol. The van der Waals surface area contributed by atoms with Crippen molar-refractivity contribution in [3.8, 4) is 5.75 Å². The van der Waals surface area contributed by atoms with Crippen LogP contribution >= 0.6 is 0 Å². The van der Waals surface area contributed by atoms with Crippen LogP contribution in [0.2, 0.25) is 0 Å². The highest BCUT2D eigenvalue weighted by Crippen LogP contribution is 2.35. The van der Waals surface area contributed by atoms with Gasteiger partial charge in [-0.25, -0.2) is 4.98 Å². The first kappa shape index (κ1) is 18.9. The molecule has 0 unspecified atom stereocenters. The van der Waals surface area contributed by atoms with Gasteiger partial charge < -0.3 is 9.64 Å². The number of hydrogen-bond donors (Lipinski definition) is 1. The lowest BCUT2D eigenvalue weighted by molar-refractivity contribution is 0.0784. The number of nitrogens with zero attached hydrogens (tertiary/aromatic N) is 3. The predicted molar refractivity (Wildman–Crippen MR) is 103 cm³/mol. The Labute approximate surface area is 164 Å². The second kappa shape index (κ2) is 8.29. The smallest absolute Gasteiger partial charge is 0.254 e. The van der Waals surface area contributed by atoms with Gasteiger partial charge in [0.25, 0.3) is 5.91 Å².